The number of nitrogens with zero attached hydrogens (tertiary/aromatic N) is 2. The highest BCUT2D eigenvalue weighted by Gasteiger charge is 2.39. The first-order valence-electron chi connectivity index (χ1n) is 9.09. The van der Waals surface area contributed by atoms with Gasteiger partial charge in [-0.05, 0) is 45.7 Å². The number of carbonyl (C=O) groups excluding carboxylic acids is 2. The lowest BCUT2D eigenvalue weighted by molar-refractivity contribution is -0.144. The van der Waals surface area contributed by atoms with E-state index in [0.29, 0.717) is 0 Å². The number of amides is 3. The number of carboxylic acid groups (broad SMARTS) is 1. The van der Waals surface area contributed by atoms with Gasteiger partial charge in [-0.2, -0.15) is 13.2 Å². The topological polar surface area (TPSA) is 121 Å². The van der Waals surface area contributed by atoms with Crippen molar-refractivity contribution in [2.45, 2.75) is 57.5 Å². The fraction of sp³-hybridized carbons (Fsp3) is 0.556. The molecule has 0 spiro atoms. The third-order valence-electron chi connectivity index (χ3n) is 4.16. The van der Waals surface area contributed by atoms with Crippen molar-refractivity contribution in [1.29, 1.82) is 0 Å². The van der Waals surface area contributed by atoms with Crippen LogP contribution in [0.4, 0.5) is 28.4 Å². The molecule has 2 rings (SSSR count). The molecule has 30 heavy (non-hydrogen) atoms. The second kappa shape index (κ2) is 8.76. The van der Waals surface area contributed by atoms with Crippen LogP contribution >= 0.6 is 0 Å². The van der Waals surface area contributed by atoms with E-state index in [2.05, 4.69) is 15.6 Å². The van der Waals surface area contributed by atoms with E-state index in [4.69, 9.17) is 4.74 Å². The first-order chi connectivity index (χ1) is 13.8. The summed E-state index contributed by atoms with van der Waals surface area (Å²) in [5.41, 5.74) is -1.83. The Morgan fingerprint density at radius 3 is 2.40 bits per heavy atom. The Morgan fingerprint density at radius 2 is 1.90 bits per heavy atom. The summed E-state index contributed by atoms with van der Waals surface area (Å²) in [6.07, 6.45) is -4.24. The van der Waals surface area contributed by atoms with Gasteiger partial charge in [-0.3, -0.25) is 4.90 Å². The molecule has 1 aliphatic heterocycles. The summed E-state index contributed by atoms with van der Waals surface area (Å²) in [7, 11) is 0. The number of halogens is 3. The van der Waals surface area contributed by atoms with Crippen molar-refractivity contribution < 1.29 is 37.4 Å². The number of urea groups is 1. The van der Waals surface area contributed by atoms with Crippen molar-refractivity contribution in [3.05, 3.63) is 24.0 Å². The number of carbonyl (C=O) groups is 3. The number of ether oxygens (including phenoxy) is 1. The molecular formula is C18H23F3N4O5. The molecule has 0 saturated carbocycles. The molecule has 12 heteroatoms. The van der Waals surface area contributed by atoms with E-state index in [9.17, 15) is 32.7 Å². The Labute approximate surface area is 170 Å². The maximum Gasteiger partial charge on any atom is 0.433 e. The van der Waals surface area contributed by atoms with Gasteiger partial charge in [-0.25, -0.2) is 19.4 Å². The van der Waals surface area contributed by atoms with Gasteiger partial charge in [0.25, 0.3) is 0 Å². The Balaban J connectivity index is 1.95. The monoisotopic (exact) mass is 432 g/mol. The molecule has 1 saturated heterocycles. The number of carboxylic acids is 1. The van der Waals surface area contributed by atoms with Gasteiger partial charge in [0.2, 0.25) is 0 Å². The van der Waals surface area contributed by atoms with Crippen molar-refractivity contribution >= 4 is 23.8 Å². The number of anilines is 1. The summed E-state index contributed by atoms with van der Waals surface area (Å²) in [6.45, 7) is 5.04. The molecule has 1 aromatic heterocycles. The van der Waals surface area contributed by atoms with Crippen LogP contribution < -0.4 is 10.6 Å². The van der Waals surface area contributed by atoms with Crippen molar-refractivity contribution in [1.82, 2.24) is 15.2 Å². The SMILES string of the molecule is CC(C)(C)OC(=O)N1CC[C@@H](NC(=O)Nc2ccc(C(F)(F)F)nc2)C[C@@H]1C(=O)O. The third-order valence-corrected chi connectivity index (χ3v) is 4.16. The van der Waals surface area contributed by atoms with Gasteiger partial charge in [0.05, 0.1) is 11.9 Å². The second-order valence-corrected chi connectivity index (χ2v) is 7.78. The Morgan fingerprint density at radius 1 is 1.23 bits per heavy atom. The summed E-state index contributed by atoms with van der Waals surface area (Å²) in [5.74, 6) is -1.24. The quantitative estimate of drug-likeness (QED) is 0.675. The number of hydrogen-bond donors (Lipinski definition) is 3. The van der Waals surface area contributed by atoms with Gasteiger partial charge in [-0.1, -0.05) is 0 Å². The lowest BCUT2D eigenvalue weighted by Crippen LogP contribution is -2.56. The van der Waals surface area contributed by atoms with E-state index in [1.165, 1.54) is 0 Å². The molecule has 2 heterocycles. The van der Waals surface area contributed by atoms with Crippen molar-refractivity contribution in [2.24, 2.45) is 0 Å². The largest absolute Gasteiger partial charge is 0.480 e. The molecule has 1 aliphatic rings. The molecule has 1 aromatic rings. The fourth-order valence-electron chi connectivity index (χ4n) is 2.86. The number of rotatable bonds is 3. The average Bonchev–Trinajstić information content (AvgIpc) is 2.59. The van der Waals surface area contributed by atoms with Crippen LogP contribution in [0.15, 0.2) is 18.3 Å². The Kier molecular flexibility index (Phi) is 6.78. The van der Waals surface area contributed by atoms with Crippen LogP contribution in [0.5, 0.6) is 0 Å². The number of aromatic nitrogens is 1. The highest BCUT2D eigenvalue weighted by Crippen LogP contribution is 2.28. The maximum atomic E-state index is 12.5. The average molecular weight is 432 g/mol. The van der Waals surface area contributed by atoms with Gasteiger partial charge in [-0.15, -0.1) is 0 Å². The predicted octanol–water partition coefficient (Wildman–Crippen LogP) is 3.07. The number of piperidine rings is 1. The lowest BCUT2D eigenvalue weighted by Gasteiger charge is -2.38. The zero-order chi connectivity index (χ0) is 22.7. The number of likely N-dealkylation sites (tertiary alicyclic amines) is 1. The highest BCUT2D eigenvalue weighted by atomic mass is 19.4. The number of aliphatic carboxylic acids is 1. The molecular weight excluding hydrogens is 409 g/mol. The standard InChI is InChI=1S/C18H23F3N4O5/c1-17(2,3)30-16(29)25-7-6-10(8-12(25)14(26)27)23-15(28)24-11-4-5-13(22-9-11)18(19,20)21/h4-5,9-10,12H,6-8H2,1-3H3,(H,26,27)(H2,23,24,28)/t10-,12-/m1/s1. The molecule has 2 atom stereocenters. The number of alkyl halides is 3. The summed E-state index contributed by atoms with van der Waals surface area (Å²) in [6, 6.07) is -0.689. The molecule has 0 radical (unpaired) electrons. The van der Waals surface area contributed by atoms with Crippen molar-refractivity contribution in [2.75, 3.05) is 11.9 Å². The summed E-state index contributed by atoms with van der Waals surface area (Å²) in [5, 5.41) is 14.4. The summed E-state index contributed by atoms with van der Waals surface area (Å²) < 4.78 is 42.8. The molecule has 1 fully saturated rings. The van der Waals surface area contributed by atoms with Gasteiger partial charge < -0.3 is 20.5 Å². The van der Waals surface area contributed by atoms with E-state index in [-0.39, 0.29) is 25.1 Å². The van der Waals surface area contributed by atoms with E-state index in [1.807, 2.05) is 0 Å². The predicted molar refractivity (Wildman–Crippen MR) is 98.8 cm³/mol. The van der Waals surface area contributed by atoms with E-state index in [0.717, 1.165) is 23.2 Å². The van der Waals surface area contributed by atoms with Gasteiger partial charge in [0.1, 0.15) is 17.3 Å². The minimum absolute atomic E-state index is 0.0430. The van der Waals surface area contributed by atoms with Crippen LogP contribution in [-0.4, -0.2) is 57.3 Å². The fourth-order valence-corrected chi connectivity index (χ4v) is 2.86. The zero-order valence-corrected chi connectivity index (χ0v) is 16.6. The minimum Gasteiger partial charge on any atom is -0.480 e. The van der Waals surface area contributed by atoms with Gasteiger partial charge >= 0.3 is 24.3 Å². The van der Waals surface area contributed by atoms with E-state index >= 15 is 0 Å². The summed E-state index contributed by atoms with van der Waals surface area (Å²) >= 11 is 0. The zero-order valence-electron chi connectivity index (χ0n) is 16.6. The molecule has 3 N–H and O–H groups in total. The van der Waals surface area contributed by atoms with E-state index in [1.54, 1.807) is 20.8 Å². The maximum absolute atomic E-state index is 12.5. The van der Waals surface area contributed by atoms with E-state index < -0.39 is 47.6 Å². The Hall–Kier alpha value is -3.05. The number of nitrogens with one attached hydrogen (secondary N) is 2. The molecule has 0 aliphatic carbocycles. The van der Waals surface area contributed by atoms with Crippen LogP contribution in [0, 0.1) is 0 Å². The lowest BCUT2D eigenvalue weighted by atomic mass is 9.97. The highest BCUT2D eigenvalue weighted by molar-refractivity contribution is 5.89. The first kappa shape index (κ1) is 23.2. The third kappa shape index (κ3) is 6.49. The molecule has 0 aromatic carbocycles. The van der Waals surface area contributed by atoms with Crippen molar-refractivity contribution in [3.8, 4) is 0 Å². The normalized spacial score (nSPS) is 19.7. The second-order valence-electron chi connectivity index (χ2n) is 7.78. The molecule has 0 bridgehead atoms. The van der Waals surface area contributed by atoms with Crippen molar-refractivity contribution in [3.63, 3.8) is 0 Å². The number of pyridine rings is 1. The minimum atomic E-state index is -4.59. The van der Waals surface area contributed by atoms with Crippen LogP contribution in [-0.2, 0) is 15.7 Å². The Bertz CT molecular complexity index is 792. The summed E-state index contributed by atoms with van der Waals surface area (Å²) in [4.78, 5) is 40.3. The van der Waals surface area contributed by atoms with Crippen LogP contribution in [0.3, 0.4) is 0 Å². The smallest absolute Gasteiger partial charge is 0.433 e. The molecule has 0 unspecified atom stereocenters. The molecule has 166 valence electrons. The molecule has 9 nitrogen and oxygen atoms in total. The van der Waals surface area contributed by atoms with Crippen LogP contribution in [0.2, 0.25) is 0 Å². The van der Waals surface area contributed by atoms with Gasteiger partial charge in [0, 0.05) is 12.6 Å². The number of hydrogen-bond acceptors (Lipinski definition) is 5. The van der Waals surface area contributed by atoms with Gasteiger partial charge in [0.15, 0.2) is 0 Å². The van der Waals surface area contributed by atoms with Crippen LogP contribution in [0.1, 0.15) is 39.3 Å². The molecule has 3 amide bonds. The van der Waals surface area contributed by atoms with Crippen LogP contribution in [0.25, 0.3) is 0 Å². The first-order valence-corrected chi connectivity index (χ1v) is 9.09.